The topological polar surface area (TPSA) is 49.5 Å². The lowest BCUT2D eigenvalue weighted by Crippen LogP contribution is -2.13. The summed E-state index contributed by atoms with van der Waals surface area (Å²) in [5.41, 5.74) is 7.09. The third kappa shape index (κ3) is 3.26. The molecule has 1 aromatic rings. The fraction of sp³-hybridized carbons (Fsp3) is 0.455. The Balaban J connectivity index is 2.47. The number of hydrogen-bond donors (Lipinski definition) is 2. The highest BCUT2D eigenvalue weighted by Gasteiger charge is 1.99. The molecular weight excluding hydrogens is 176 g/mol. The Labute approximate surface area is 85.2 Å². The number of nitrogen functional groups attached to an aromatic ring is 1. The summed E-state index contributed by atoms with van der Waals surface area (Å²) in [6.45, 7) is 1.06. The van der Waals surface area contributed by atoms with Crippen molar-refractivity contribution in [3.8, 4) is 5.75 Å². The summed E-state index contributed by atoms with van der Waals surface area (Å²) >= 11 is 0. The fourth-order valence-electron chi connectivity index (χ4n) is 1.34. The van der Waals surface area contributed by atoms with Gasteiger partial charge in [-0.3, -0.25) is 0 Å². The number of nitrogens with zero attached hydrogens (tertiary/aromatic N) is 1. The Hall–Kier alpha value is -1.22. The standard InChI is InChI=1S/C11H18N2O/c1-13(2)7-3-4-9-5-6-10(12)11(14)8-9/h5-6,8,14H,3-4,7,12H2,1-2H3. The second kappa shape index (κ2) is 4.86. The summed E-state index contributed by atoms with van der Waals surface area (Å²) in [5, 5.41) is 9.37. The molecule has 0 atom stereocenters. The largest absolute Gasteiger partial charge is 0.506 e. The van der Waals surface area contributed by atoms with Crippen molar-refractivity contribution in [2.75, 3.05) is 26.4 Å². The van der Waals surface area contributed by atoms with Crippen LogP contribution in [0.2, 0.25) is 0 Å². The summed E-state index contributed by atoms with van der Waals surface area (Å²) in [5.74, 6) is 0.187. The van der Waals surface area contributed by atoms with Gasteiger partial charge in [-0.2, -0.15) is 0 Å². The van der Waals surface area contributed by atoms with Gasteiger partial charge in [0.2, 0.25) is 0 Å². The lowest BCUT2D eigenvalue weighted by molar-refractivity contribution is 0.400. The minimum Gasteiger partial charge on any atom is -0.506 e. The van der Waals surface area contributed by atoms with E-state index >= 15 is 0 Å². The number of rotatable bonds is 4. The van der Waals surface area contributed by atoms with E-state index in [4.69, 9.17) is 5.73 Å². The maximum atomic E-state index is 9.37. The molecule has 3 nitrogen and oxygen atoms in total. The number of phenols is 1. The van der Waals surface area contributed by atoms with Crippen LogP contribution in [0.1, 0.15) is 12.0 Å². The molecule has 0 amide bonds. The highest BCUT2D eigenvalue weighted by Crippen LogP contribution is 2.21. The molecule has 1 rings (SSSR count). The van der Waals surface area contributed by atoms with Crippen LogP contribution >= 0.6 is 0 Å². The molecule has 0 radical (unpaired) electrons. The molecule has 14 heavy (non-hydrogen) atoms. The Morgan fingerprint density at radius 1 is 1.36 bits per heavy atom. The molecule has 0 spiro atoms. The Morgan fingerprint density at radius 2 is 2.07 bits per heavy atom. The molecule has 0 aliphatic heterocycles. The SMILES string of the molecule is CN(C)CCCc1ccc(N)c(O)c1. The van der Waals surface area contributed by atoms with Crippen molar-refractivity contribution >= 4 is 5.69 Å². The van der Waals surface area contributed by atoms with Gasteiger partial charge in [-0.05, 0) is 51.2 Å². The first kappa shape index (κ1) is 10.9. The van der Waals surface area contributed by atoms with Crippen LogP contribution in [0.15, 0.2) is 18.2 Å². The van der Waals surface area contributed by atoms with E-state index in [1.165, 1.54) is 0 Å². The Kier molecular flexibility index (Phi) is 3.77. The molecule has 78 valence electrons. The van der Waals surface area contributed by atoms with Crippen molar-refractivity contribution < 1.29 is 5.11 Å². The second-order valence-corrected chi connectivity index (χ2v) is 3.80. The van der Waals surface area contributed by atoms with Crippen LogP contribution in [0.4, 0.5) is 5.69 Å². The number of benzene rings is 1. The first-order valence-corrected chi connectivity index (χ1v) is 4.81. The molecule has 3 N–H and O–H groups in total. The predicted molar refractivity (Wildman–Crippen MR) is 59.4 cm³/mol. The van der Waals surface area contributed by atoms with E-state index in [9.17, 15) is 5.11 Å². The number of hydrogen-bond acceptors (Lipinski definition) is 3. The first-order valence-electron chi connectivity index (χ1n) is 4.81. The van der Waals surface area contributed by atoms with E-state index in [2.05, 4.69) is 19.0 Å². The molecule has 1 aromatic carbocycles. The van der Waals surface area contributed by atoms with Gasteiger partial charge in [0.15, 0.2) is 0 Å². The third-order valence-corrected chi connectivity index (χ3v) is 2.17. The van der Waals surface area contributed by atoms with E-state index in [-0.39, 0.29) is 5.75 Å². The molecule has 0 bridgehead atoms. The monoisotopic (exact) mass is 194 g/mol. The van der Waals surface area contributed by atoms with Gasteiger partial charge in [0.05, 0.1) is 5.69 Å². The van der Waals surface area contributed by atoms with Crippen LogP contribution < -0.4 is 5.73 Å². The average molecular weight is 194 g/mol. The zero-order valence-electron chi connectivity index (χ0n) is 8.83. The predicted octanol–water partition coefficient (Wildman–Crippen LogP) is 1.47. The number of aromatic hydroxyl groups is 1. The lowest BCUT2D eigenvalue weighted by Gasteiger charge is -2.09. The van der Waals surface area contributed by atoms with Crippen molar-refractivity contribution in [1.29, 1.82) is 0 Å². The number of aryl methyl sites for hydroxylation is 1. The molecular formula is C11H18N2O. The van der Waals surface area contributed by atoms with Crippen molar-refractivity contribution in [2.45, 2.75) is 12.8 Å². The van der Waals surface area contributed by atoms with Gasteiger partial charge in [-0.15, -0.1) is 0 Å². The minimum atomic E-state index is 0.187. The number of phenolic OH excluding ortho intramolecular Hbond substituents is 1. The highest BCUT2D eigenvalue weighted by molar-refractivity contribution is 5.52. The average Bonchev–Trinajstić information content (AvgIpc) is 2.10. The molecule has 0 unspecified atom stereocenters. The maximum Gasteiger partial charge on any atom is 0.138 e. The molecule has 3 heteroatoms. The van der Waals surface area contributed by atoms with E-state index < -0.39 is 0 Å². The first-order chi connectivity index (χ1) is 6.59. The van der Waals surface area contributed by atoms with E-state index in [0.29, 0.717) is 5.69 Å². The van der Waals surface area contributed by atoms with E-state index in [1.807, 2.05) is 6.07 Å². The summed E-state index contributed by atoms with van der Waals surface area (Å²) in [6, 6.07) is 5.45. The van der Waals surface area contributed by atoms with Crippen LogP contribution in [0, 0.1) is 0 Å². The molecule has 0 aliphatic rings. The fourth-order valence-corrected chi connectivity index (χ4v) is 1.34. The van der Waals surface area contributed by atoms with Crippen molar-refractivity contribution in [3.05, 3.63) is 23.8 Å². The van der Waals surface area contributed by atoms with Crippen LogP contribution in [-0.4, -0.2) is 30.6 Å². The van der Waals surface area contributed by atoms with Crippen LogP contribution in [0.3, 0.4) is 0 Å². The van der Waals surface area contributed by atoms with Crippen LogP contribution in [0.5, 0.6) is 5.75 Å². The van der Waals surface area contributed by atoms with Gasteiger partial charge in [-0.1, -0.05) is 6.07 Å². The highest BCUT2D eigenvalue weighted by atomic mass is 16.3. The summed E-state index contributed by atoms with van der Waals surface area (Å²) in [6.07, 6.45) is 2.07. The van der Waals surface area contributed by atoms with E-state index in [0.717, 1.165) is 24.9 Å². The third-order valence-electron chi connectivity index (χ3n) is 2.17. The van der Waals surface area contributed by atoms with Gasteiger partial charge in [0.25, 0.3) is 0 Å². The Bertz CT molecular complexity index is 297. The zero-order chi connectivity index (χ0) is 10.6. The summed E-state index contributed by atoms with van der Waals surface area (Å²) in [7, 11) is 4.11. The molecule has 0 aromatic heterocycles. The van der Waals surface area contributed by atoms with Gasteiger partial charge >= 0.3 is 0 Å². The maximum absolute atomic E-state index is 9.37. The normalized spacial score (nSPS) is 10.8. The van der Waals surface area contributed by atoms with Gasteiger partial charge in [-0.25, -0.2) is 0 Å². The van der Waals surface area contributed by atoms with Gasteiger partial charge in [0, 0.05) is 0 Å². The molecule has 0 fully saturated rings. The number of nitrogens with two attached hydrogens (primary N) is 1. The van der Waals surface area contributed by atoms with E-state index in [1.54, 1.807) is 12.1 Å². The summed E-state index contributed by atoms with van der Waals surface area (Å²) in [4.78, 5) is 2.15. The van der Waals surface area contributed by atoms with Crippen LogP contribution in [0.25, 0.3) is 0 Å². The molecule has 0 aliphatic carbocycles. The van der Waals surface area contributed by atoms with Crippen molar-refractivity contribution in [3.63, 3.8) is 0 Å². The van der Waals surface area contributed by atoms with Gasteiger partial charge in [0.1, 0.15) is 5.75 Å². The molecule has 0 saturated carbocycles. The lowest BCUT2D eigenvalue weighted by atomic mass is 10.1. The molecule has 0 heterocycles. The van der Waals surface area contributed by atoms with Crippen LogP contribution in [-0.2, 0) is 6.42 Å². The zero-order valence-corrected chi connectivity index (χ0v) is 8.83. The Morgan fingerprint density at radius 3 is 2.64 bits per heavy atom. The molecule has 0 saturated heterocycles. The summed E-state index contributed by atoms with van der Waals surface area (Å²) < 4.78 is 0. The number of anilines is 1. The second-order valence-electron chi connectivity index (χ2n) is 3.80. The minimum absolute atomic E-state index is 0.187. The quantitative estimate of drug-likeness (QED) is 0.563. The van der Waals surface area contributed by atoms with Crippen molar-refractivity contribution in [1.82, 2.24) is 4.90 Å². The van der Waals surface area contributed by atoms with Crippen molar-refractivity contribution in [2.24, 2.45) is 0 Å². The van der Waals surface area contributed by atoms with Gasteiger partial charge < -0.3 is 15.7 Å². The smallest absolute Gasteiger partial charge is 0.138 e.